The fraction of sp³-hybridized carbons (Fsp3) is 0.458. The van der Waals surface area contributed by atoms with E-state index in [2.05, 4.69) is 36.8 Å². The number of halogens is 2. The molecule has 10 heteroatoms. The van der Waals surface area contributed by atoms with E-state index in [-0.39, 0.29) is 19.0 Å². The van der Waals surface area contributed by atoms with Crippen molar-refractivity contribution in [2.45, 2.75) is 26.2 Å². The number of benzene rings is 2. The van der Waals surface area contributed by atoms with Crippen molar-refractivity contribution in [3.05, 3.63) is 38.8 Å². The van der Waals surface area contributed by atoms with Gasteiger partial charge in [0, 0.05) is 24.8 Å². The number of carbonyl (C=O) groups excluding carboxylic acids is 1. The molecule has 0 radical (unpaired) electrons. The highest BCUT2D eigenvalue weighted by atomic mass is 79.9. The highest BCUT2D eigenvalue weighted by Crippen LogP contribution is 2.38. The third-order valence-corrected chi connectivity index (χ3v) is 6.14. The number of unbranched alkanes of at least 4 members (excludes halogenated alkanes) is 2. The topological polar surface area (TPSA) is 89.0 Å². The molecule has 0 amide bonds. The van der Waals surface area contributed by atoms with Crippen LogP contribution in [0.5, 0.6) is 5.75 Å². The van der Waals surface area contributed by atoms with Crippen LogP contribution in [0.2, 0.25) is 0 Å². The number of nitrogens with zero attached hydrogens (tertiary/aromatic N) is 2. The number of ether oxygens (including phenoxy) is 5. The molecular weight excluding hydrogens is 572 g/mol. The van der Waals surface area contributed by atoms with Crippen molar-refractivity contribution in [3.8, 4) is 5.75 Å². The molecule has 0 saturated carbocycles. The van der Waals surface area contributed by atoms with Gasteiger partial charge in [0.25, 0.3) is 0 Å². The standard InChI is InChI=1S/C24H28Br2N2O6/c1-16-7-6-8-19-20(16)28-21-17(25)15-18(26)23(22(21)27-19)34-24(29)33-14-13-32-12-11-31-10-5-3-4-9-30-2/h6-8,15H,3-5,9-14H2,1-2H3. The van der Waals surface area contributed by atoms with Crippen LogP contribution in [0.3, 0.4) is 0 Å². The number of aryl methyl sites for hydroxylation is 1. The maximum atomic E-state index is 12.3. The van der Waals surface area contributed by atoms with Crippen LogP contribution in [0.1, 0.15) is 24.8 Å². The molecule has 1 heterocycles. The summed E-state index contributed by atoms with van der Waals surface area (Å²) in [5.41, 5.74) is 3.55. The average Bonchev–Trinajstić information content (AvgIpc) is 2.82. The summed E-state index contributed by atoms with van der Waals surface area (Å²) in [6, 6.07) is 7.52. The van der Waals surface area contributed by atoms with Gasteiger partial charge in [-0.3, -0.25) is 0 Å². The zero-order valence-electron chi connectivity index (χ0n) is 19.3. The molecule has 0 saturated heterocycles. The lowest BCUT2D eigenvalue weighted by atomic mass is 10.2. The number of rotatable bonds is 13. The summed E-state index contributed by atoms with van der Waals surface area (Å²) in [6.45, 7) is 4.70. The quantitative estimate of drug-likeness (QED) is 0.103. The van der Waals surface area contributed by atoms with Gasteiger partial charge in [-0.2, -0.15) is 0 Å². The molecule has 0 atom stereocenters. The minimum absolute atomic E-state index is 0.0652. The van der Waals surface area contributed by atoms with E-state index in [0.29, 0.717) is 40.8 Å². The van der Waals surface area contributed by atoms with Gasteiger partial charge < -0.3 is 23.7 Å². The van der Waals surface area contributed by atoms with Gasteiger partial charge in [-0.1, -0.05) is 12.1 Å². The largest absolute Gasteiger partial charge is 0.514 e. The van der Waals surface area contributed by atoms with Gasteiger partial charge in [-0.25, -0.2) is 14.8 Å². The van der Waals surface area contributed by atoms with E-state index < -0.39 is 6.16 Å². The van der Waals surface area contributed by atoms with E-state index in [1.807, 2.05) is 25.1 Å². The van der Waals surface area contributed by atoms with E-state index in [0.717, 1.165) is 41.4 Å². The summed E-state index contributed by atoms with van der Waals surface area (Å²) < 4.78 is 27.9. The van der Waals surface area contributed by atoms with Crippen LogP contribution in [0, 0.1) is 6.92 Å². The Bertz CT molecular complexity index is 1110. The second-order valence-electron chi connectivity index (χ2n) is 7.51. The first-order valence-corrected chi connectivity index (χ1v) is 12.6. The van der Waals surface area contributed by atoms with E-state index in [9.17, 15) is 4.79 Å². The van der Waals surface area contributed by atoms with Gasteiger partial charge in [-0.15, -0.1) is 0 Å². The Morgan fingerprint density at radius 1 is 0.853 bits per heavy atom. The van der Waals surface area contributed by atoms with Gasteiger partial charge in [0.1, 0.15) is 17.6 Å². The summed E-state index contributed by atoms with van der Waals surface area (Å²) in [6.07, 6.45) is 2.28. The molecule has 8 nitrogen and oxygen atoms in total. The molecule has 0 spiro atoms. The van der Waals surface area contributed by atoms with Crippen LogP contribution >= 0.6 is 31.9 Å². The highest BCUT2D eigenvalue weighted by Gasteiger charge is 2.19. The Hall–Kier alpha value is -1.85. The number of fused-ring (bicyclic) bond motifs is 2. The summed E-state index contributed by atoms with van der Waals surface area (Å²) in [7, 11) is 1.70. The van der Waals surface area contributed by atoms with Crippen LogP contribution in [-0.4, -0.2) is 62.9 Å². The van der Waals surface area contributed by atoms with Crippen molar-refractivity contribution >= 4 is 60.1 Å². The molecule has 0 aliphatic carbocycles. The van der Waals surface area contributed by atoms with Crippen molar-refractivity contribution in [3.63, 3.8) is 0 Å². The fourth-order valence-corrected chi connectivity index (χ4v) is 4.55. The molecule has 0 aliphatic rings. The van der Waals surface area contributed by atoms with Crippen LogP contribution in [0.15, 0.2) is 33.2 Å². The third-order valence-electron chi connectivity index (χ3n) is 4.95. The molecule has 0 fully saturated rings. The predicted molar refractivity (Wildman–Crippen MR) is 137 cm³/mol. The van der Waals surface area contributed by atoms with E-state index in [4.69, 9.17) is 28.7 Å². The van der Waals surface area contributed by atoms with E-state index in [1.54, 1.807) is 13.2 Å². The van der Waals surface area contributed by atoms with Crippen molar-refractivity contribution in [1.29, 1.82) is 0 Å². The molecule has 3 aromatic rings. The number of hydrogen-bond donors (Lipinski definition) is 0. The average molecular weight is 600 g/mol. The van der Waals surface area contributed by atoms with Gasteiger partial charge in [0.2, 0.25) is 0 Å². The molecule has 0 N–H and O–H groups in total. The molecule has 0 aliphatic heterocycles. The zero-order chi connectivity index (χ0) is 24.3. The SMILES string of the molecule is COCCCCCOCCOCCOC(=O)Oc1c(Br)cc(Br)c2nc3c(C)cccc3nc12. The fourth-order valence-electron chi connectivity index (χ4n) is 3.24. The minimum atomic E-state index is -0.841. The van der Waals surface area contributed by atoms with Crippen LogP contribution < -0.4 is 4.74 Å². The summed E-state index contributed by atoms with van der Waals surface area (Å²) >= 11 is 6.96. The lowest BCUT2D eigenvalue weighted by Gasteiger charge is -2.12. The lowest BCUT2D eigenvalue weighted by molar-refractivity contribution is 0.0198. The molecular formula is C24H28Br2N2O6. The first-order chi connectivity index (χ1) is 16.5. The normalized spacial score (nSPS) is 11.3. The molecule has 1 aromatic heterocycles. The van der Waals surface area contributed by atoms with E-state index >= 15 is 0 Å². The van der Waals surface area contributed by atoms with Crippen LogP contribution in [0.25, 0.3) is 22.1 Å². The molecule has 184 valence electrons. The van der Waals surface area contributed by atoms with Crippen molar-refractivity contribution in [2.24, 2.45) is 0 Å². The maximum absolute atomic E-state index is 12.3. The molecule has 0 bridgehead atoms. The molecule has 2 aromatic carbocycles. The second-order valence-corrected chi connectivity index (χ2v) is 9.22. The number of hydrogen-bond acceptors (Lipinski definition) is 8. The van der Waals surface area contributed by atoms with Crippen molar-refractivity contribution in [2.75, 3.05) is 46.8 Å². The van der Waals surface area contributed by atoms with Crippen molar-refractivity contribution < 1.29 is 28.5 Å². The highest BCUT2D eigenvalue weighted by molar-refractivity contribution is 9.11. The molecule has 34 heavy (non-hydrogen) atoms. The number of carbonyl (C=O) groups is 1. The number of aromatic nitrogens is 2. The Balaban J connectivity index is 1.47. The summed E-state index contributed by atoms with van der Waals surface area (Å²) in [5, 5.41) is 0. The lowest BCUT2D eigenvalue weighted by Crippen LogP contribution is -2.16. The van der Waals surface area contributed by atoms with Crippen molar-refractivity contribution in [1.82, 2.24) is 9.97 Å². The van der Waals surface area contributed by atoms with Gasteiger partial charge in [-0.05, 0) is 75.7 Å². The molecule has 0 unspecified atom stereocenters. The van der Waals surface area contributed by atoms with Crippen LogP contribution in [0.4, 0.5) is 4.79 Å². The predicted octanol–water partition coefficient (Wildman–Crippen LogP) is 5.98. The maximum Gasteiger partial charge on any atom is 0.514 e. The van der Waals surface area contributed by atoms with Gasteiger partial charge >= 0.3 is 6.16 Å². The Morgan fingerprint density at radius 2 is 1.59 bits per heavy atom. The Morgan fingerprint density at radius 3 is 2.38 bits per heavy atom. The first kappa shape index (κ1) is 26.7. The second kappa shape index (κ2) is 13.9. The smallest absolute Gasteiger partial charge is 0.432 e. The monoisotopic (exact) mass is 598 g/mol. The van der Waals surface area contributed by atoms with Crippen LogP contribution in [-0.2, 0) is 18.9 Å². The van der Waals surface area contributed by atoms with E-state index in [1.165, 1.54) is 0 Å². The first-order valence-electron chi connectivity index (χ1n) is 11.1. The third kappa shape index (κ3) is 7.58. The summed E-state index contributed by atoms with van der Waals surface area (Å²) in [5.74, 6) is 0.249. The minimum Gasteiger partial charge on any atom is -0.432 e. The Labute approximate surface area is 215 Å². The Kier molecular flexibility index (Phi) is 10.9. The van der Waals surface area contributed by atoms with Gasteiger partial charge in [0.05, 0.1) is 35.3 Å². The van der Waals surface area contributed by atoms with Gasteiger partial charge in [0.15, 0.2) is 5.75 Å². The molecule has 3 rings (SSSR count). The number of para-hydroxylation sites is 1. The zero-order valence-corrected chi connectivity index (χ0v) is 22.4. The summed E-state index contributed by atoms with van der Waals surface area (Å²) in [4.78, 5) is 21.7. The number of methoxy groups -OCH3 is 1.